The minimum absolute atomic E-state index is 0. The van der Waals surface area contributed by atoms with Crippen LogP contribution in [0.15, 0.2) is 44.2 Å². The Bertz CT molecular complexity index is 1270. The minimum Gasteiger partial charge on any atom is 2.00 e. The van der Waals surface area contributed by atoms with Gasteiger partial charge in [-0.15, -0.1) is 0 Å². The van der Waals surface area contributed by atoms with Gasteiger partial charge in [-0.3, -0.25) is 20.0 Å². The number of fused-ring (bicyclic) bond motifs is 4. The average Bonchev–Trinajstić information content (AvgIpc) is 2.85. The van der Waals surface area contributed by atoms with Crippen molar-refractivity contribution in [1.82, 2.24) is 0 Å². The molecule has 0 saturated heterocycles. The van der Waals surface area contributed by atoms with Gasteiger partial charge in [-0.05, 0) is 67.0 Å². The van der Waals surface area contributed by atoms with Crippen LogP contribution in [-0.2, 0) is 43.8 Å². The smallest absolute Gasteiger partial charge is 2.00 e. The zero-order chi connectivity index (χ0) is 34.0. The molecule has 46 heavy (non-hydrogen) atoms. The largest absolute Gasteiger partial charge is 2.00 e. The quantitative estimate of drug-likeness (QED) is 0.202. The van der Waals surface area contributed by atoms with Gasteiger partial charge in [0.2, 0.25) is 0 Å². The van der Waals surface area contributed by atoms with Crippen LogP contribution >= 0.6 is 7.81 Å². The molecular weight excluding hydrogens is 746 g/mol. The molecule has 0 radical (unpaired) electrons. The third-order valence-corrected chi connectivity index (χ3v) is 4.65. The topological polar surface area (TPSA) is 159 Å². The van der Waals surface area contributed by atoms with Crippen LogP contribution in [0, 0.1) is 25.2 Å². The van der Waals surface area contributed by atoms with Crippen LogP contribution in [0.3, 0.4) is 0 Å². The van der Waals surface area contributed by atoms with E-state index in [2.05, 4.69) is 20.0 Å². The molecule has 0 atom stereocenters. The Morgan fingerprint density at radius 2 is 0.870 bits per heavy atom. The van der Waals surface area contributed by atoms with Crippen LogP contribution < -0.4 is 15.3 Å². The van der Waals surface area contributed by atoms with Crippen molar-refractivity contribution in [2.24, 2.45) is 20.0 Å². The zero-order valence-corrected chi connectivity index (χ0v) is 32.7. The van der Waals surface area contributed by atoms with Crippen molar-refractivity contribution in [1.29, 1.82) is 5.26 Å². The van der Waals surface area contributed by atoms with Gasteiger partial charge in [0.25, 0.3) is 0 Å². The monoisotopic (exact) mass is 775 g/mol. The number of hydrogen-bond donors (Lipinski definition) is 0. The summed E-state index contributed by atoms with van der Waals surface area (Å²) in [5.41, 5.74) is 4.28. The summed E-state index contributed by atoms with van der Waals surface area (Å²) in [7, 11) is -10.7. The molecule has 1 heterocycles. The molecule has 0 spiro atoms. The average molecular weight is 778 g/mol. The number of aliphatic imine (C=N–C) groups is 4. The molecule has 1 aliphatic heterocycles. The number of carbonyl (C=O) groups is 1. The van der Waals surface area contributed by atoms with Crippen molar-refractivity contribution >= 4 is 38.6 Å². The first-order valence-corrected chi connectivity index (χ1v) is 14.8. The maximum atomic E-state index is 12.6. The normalized spacial score (nSPS) is 14.2. The van der Waals surface area contributed by atoms with Crippen LogP contribution in [0.4, 0.5) is 25.2 Å². The van der Waals surface area contributed by atoms with Crippen LogP contribution in [0.5, 0.6) is 11.5 Å². The predicted molar refractivity (Wildman–Crippen MR) is 156 cm³/mol. The van der Waals surface area contributed by atoms with E-state index in [1.807, 2.05) is 38.1 Å². The van der Waals surface area contributed by atoms with Crippen LogP contribution in [-0.4, -0.2) is 57.0 Å². The van der Waals surface area contributed by atoms with E-state index in [-0.39, 0.29) is 50.5 Å². The molecule has 4 bridgehead atoms. The second-order valence-corrected chi connectivity index (χ2v) is 11.0. The molecule has 18 heteroatoms. The summed E-state index contributed by atoms with van der Waals surface area (Å²) in [6.45, 7) is 8.55. The standard InChI is InChI=1S/C24H28N4O2.C2H3N.C2H4O2.F6P.2Zn/c1-17-9-19-13-25-5-3-7-27-15-21-11-18(2)12-22(24(21)30)16-28-8-4-6-26-14-20(10-17)23(19)29;1-2-3;1-2(3)4;1-7(2,3,4,5)6;;/h9-16,29-30H,3-8H2,1-2H3;1H3;1H3,(H,3,4);;;/q;;;-1;2*+2/p-3. The molecule has 0 amide bonds. The van der Waals surface area contributed by atoms with Crippen molar-refractivity contribution in [3.63, 3.8) is 0 Å². The molecule has 2 aromatic carbocycles. The van der Waals surface area contributed by atoms with Gasteiger partial charge in [0, 0.05) is 63.9 Å². The summed E-state index contributed by atoms with van der Waals surface area (Å²) in [4.78, 5) is 26.4. The fourth-order valence-electron chi connectivity index (χ4n) is 3.20. The second-order valence-electron chi connectivity index (χ2n) is 9.07. The van der Waals surface area contributed by atoms with Crippen molar-refractivity contribution in [3.8, 4) is 17.6 Å². The number of nitriles is 1. The number of halogens is 6. The molecule has 3 rings (SSSR count). The molecule has 0 aromatic heterocycles. The number of nitrogens with zero attached hydrogens (tertiary/aromatic N) is 5. The van der Waals surface area contributed by atoms with Crippen LogP contribution in [0.25, 0.3) is 0 Å². The Hall–Kier alpha value is -3.06. The number of hydrogen-bond acceptors (Lipinski definition) is 9. The molecule has 1 aliphatic rings. The van der Waals surface area contributed by atoms with Gasteiger partial charge in [0.15, 0.2) is 0 Å². The third kappa shape index (κ3) is 27.3. The third-order valence-electron chi connectivity index (χ3n) is 4.65. The van der Waals surface area contributed by atoms with Crippen molar-refractivity contribution < 1.29 is 84.3 Å². The van der Waals surface area contributed by atoms with Gasteiger partial charge in [-0.25, -0.2) is 0 Å². The van der Waals surface area contributed by atoms with E-state index in [4.69, 9.17) is 15.2 Å². The summed E-state index contributed by atoms with van der Waals surface area (Å²) in [6.07, 6.45) is 7.99. The summed E-state index contributed by atoms with van der Waals surface area (Å²) >= 11 is 0. The molecule has 0 saturated carbocycles. The minimum atomic E-state index is -10.7. The predicted octanol–water partition coefficient (Wildman–Crippen LogP) is 5.28. The van der Waals surface area contributed by atoms with E-state index in [0.29, 0.717) is 48.4 Å². The van der Waals surface area contributed by atoms with Gasteiger partial charge in [0.05, 0.1) is 6.07 Å². The van der Waals surface area contributed by atoms with E-state index in [9.17, 15) is 35.4 Å². The molecule has 9 nitrogen and oxygen atoms in total. The van der Waals surface area contributed by atoms with E-state index in [1.165, 1.54) is 6.92 Å². The molecule has 0 fully saturated rings. The number of carboxylic acid groups (broad SMARTS) is 1. The summed E-state index contributed by atoms with van der Waals surface area (Å²) < 4.78 is 59.2. The van der Waals surface area contributed by atoms with E-state index in [1.54, 1.807) is 30.9 Å². The van der Waals surface area contributed by atoms with Crippen LogP contribution in [0.2, 0.25) is 0 Å². The Morgan fingerprint density at radius 3 is 1.04 bits per heavy atom. The maximum Gasteiger partial charge on any atom is 2.00 e. The SMILES string of the molecule is CC#N.CC(=O)[O-].Cc1cc2c([O-])c(c1)C=NCCCN=Cc1cc(C)cc(c1[O-])C=NCCCN=C2.F[P-](F)(F)(F)(F)F.[Zn+2].[Zn+2]. The molecule has 0 unspecified atom stereocenters. The summed E-state index contributed by atoms with van der Waals surface area (Å²) in [6, 6.07) is 9.11. The van der Waals surface area contributed by atoms with Crippen molar-refractivity contribution in [2.45, 2.75) is 40.5 Å². The maximum absolute atomic E-state index is 12.6. The molecule has 0 aliphatic carbocycles. The summed E-state index contributed by atoms with van der Waals surface area (Å²) in [5, 5.41) is 41.4. The molecule has 244 valence electrons. The van der Waals surface area contributed by atoms with Crippen molar-refractivity contribution in [2.75, 3.05) is 26.2 Å². The number of carbonyl (C=O) groups excluding carboxylic acids is 1. The Labute approximate surface area is 289 Å². The fraction of sp³-hybridized carbons (Fsp3) is 0.357. The van der Waals surface area contributed by atoms with Gasteiger partial charge in [-0.1, -0.05) is 35.8 Å². The first-order chi connectivity index (χ1) is 20.1. The summed E-state index contributed by atoms with van der Waals surface area (Å²) in [5.74, 6) is -1.20. The first-order valence-electron chi connectivity index (χ1n) is 12.8. The number of aryl methyl sites for hydroxylation is 2. The second kappa shape index (κ2) is 20.9. The van der Waals surface area contributed by atoms with E-state index < -0.39 is 13.8 Å². The van der Waals surface area contributed by atoms with Crippen LogP contribution in [0.1, 0.15) is 60.1 Å². The number of benzene rings is 2. The van der Waals surface area contributed by atoms with E-state index in [0.717, 1.165) is 30.9 Å². The van der Waals surface area contributed by atoms with Gasteiger partial charge in [-0.2, -0.15) is 5.26 Å². The van der Waals surface area contributed by atoms with Gasteiger partial charge < -0.3 is 20.1 Å². The number of aliphatic carboxylic acids is 1. The van der Waals surface area contributed by atoms with Crippen molar-refractivity contribution in [3.05, 3.63) is 57.6 Å². The number of rotatable bonds is 0. The van der Waals surface area contributed by atoms with Gasteiger partial charge >= 0.3 is 71.9 Å². The Morgan fingerprint density at radius 1 is 0.696 bits per heavy atom. The Kier molecular flexibility index (Phi) is 21.5. The molecule has 0 N–H and O–H groups in total. The molecule has 2 aromatic rings. The fourth-order valence-corrected chi connectivity index (χ4v) is 3.20. The van der Waals surface area contributed by atoms with E-state index >= 15 is 0 Å². The number of carboxylic acids is 1. The first kappa shape index (κ1) is 47.3. The van der Waals surface area contributed by atoms with Gasteiger partial charge in [0.1, 0.15) is 0 Å². The Balaban J connectivity index is -0.000000977. The zero-order valence-electron chi connectivity index (χ0n) is 25.9. The molecular formula is C28H32F6N5O4PZn2.